The second-order valence-corrected chi connectivity index (χ2v) is 5.38. The summed E-state index contributed by atoms with van der Waals surface area (Å²) in [7, 11) is 1.91. The van der Waals surface area contributed by atoms with E-state index in [4.69, 9.17) is 0 Å². The van der Waals surface area contributed by atoms with E-state index in [2.05, 4.69) is 52.8 Å². The third kappa shape index (κ3) is 4.27. The van der Waals surface area contributed by atoms with Crippen LogP contribution in [0, 0.1) is 0 Å². The van der Waals surface area contributed by atoms with Crippen LogP contribution in [-0.2, 0) is 6.42 Å². The number of benzene rings is 3. The average molecular weight is 301 g/mol. The lowest BCUT2D eigenvalue weighted by atomic mass is 10.0. The predicted octanol–water partition coefficient (Wildman–Crippen LogP) is 5.41. The molecule has 3 heteroatoms. The number of nitrogens with zero attached hydrogens (tertiary/aromatic N) is 3. The van der Waals surface area contributed by atoms with Crippen molar-refractivity contribution in [3.63, 3.8) is 0 Å². The first kappa shape index (κ1) is 15.0. The van der Waals surface area contributed by atoms with Crippen LogP contribution in [0.4, 0.5) is 11.4 Å². The van der Waals surface area contributed by atoms with E-state index < -0.39 is 0 Å². The molecule has 3 nitrogen and oxygen atoms in total. The lowest BCUT2D eigenvalue weighted by molar-refractivity contribution is 0.922. The van der Waals surface area contributed by atoms with Gasteiger partial charge in [0, 0.05) is 7.05 Å². The molecule has 0 saturated carbocycles. The van der Waals surface area contributed by atoms with Gasteiger partial charge in [0.05, 0.1) is 11.4 Å². The van der Waals surface area contributed by atoms with Gasteiger partial charge in [-0.05, 0) is 41.8 Å². The van der Waals surface area contributed by atoms with Gasteiger partial charge in [0.25, 0.3) is 0 Å². The summed E-state index contributed by atoms with van der Waals surface area (Å²) < 4.78 is 0. The van der Waals surface area contributed by atoms with Gasteiger partial charge in [0.2, 0.25) is 0 Å². The lowest BCUT2D eigenvalue weighted by Crippen LogP contribution is -2.07. The van der Waals surface area contributed by atoms with Gasteiger partial charge < -0.3 is 0 Å². The fraction of sp³-hybridized carbons (Fsp3) is 0.100. The van der Waals surface area contributed by atoms with E-state index in [9.17, 15) is 0 Å². The molecule has 23 heavy (non-hydrogen) atoms. The summed E-state index contributed by atoms with van der Waals surface area (Å²) in [4.78, 5) is 0. The Balaban J connectivity index is 1.73. The van der Waals surface area contributed by atoms with Gasteiger partial charge in [-0.3, -0.25) is 0 Å². The molecule has 0 aliphatic heterocycles. The molecule has 0 N–H and O–H groups in total. The van der Waals surface area contributed by atoms with Crippen LogP contribution >= 0.6 is 0 Å². The van der Waals surface area contributed by atoms with Crippen molar-refractivity contribution in [3.8, 4) is 0 Å². The third-order valence-electron chi connectivity index (χ3n) is 3.59. The van der Waals surface area contributed by atoms with E-state index in [-0.39, 0.29) is 0 Å². The van der Waals surface area contributed by atoms with Crippen molar-refractivity contribution in [3.05, 3.63) is 96.1 Å². The Morgan fingerprint density at radius 3 is 2.13 bits per heavy atom. The predicted molar refractivity (Wildman–Crippen MR) is 95.1 cm³/mol. The number of rotatable bonds is 5. The third-order valence-corrected chi connectivity index (χ3v) is 3.59. The molecule has 0 aromatic heterocycles. The monoisotopic (exact) mass is 301 g/mol. The molecule has 0 radical (unpaired) electrons. The molecule has 0 amide bonds. The van der Waals surface area contributed by atoms with E-state index in [0.717, 1.165) is 17.8 Å². The summed E-state index contributed by atoms with van der Waals surface area (Å²) in [6.07, 6.45) is 0.915. The Morgan fingerprint density at radius 1 is 0.739 bits per heavy atom. The maximum atomic E-state index is 4.27. The summed E-state index contributed by atoms with van der Waals surface area (Å²) >= 11 is 0. The Morgan fingerprint density at radius 2 is 1.39 bits per heavy atom. The molecule has 3 aromatic rings. The second kappa shape index (κ2) is 7.36. The highest BCUT2D eigenvalue weighted by Crippen LogP contribution is 2.19. The highest BCUT2D eigenvalue weighted by atomic mass is 15.5. The summed E-state index contributed by atoms with van der Waals surface area (Å²) in [5.41, 5.74) is 4.44. The minimum atomic E-state index is 0.847. The van der Waals surface area contributed by atoms with E-state index in [0.29, 0.717) is 0 Å². The fourth-order valence-electron chi connectivity index (χ4n) is 2.36. The number of anilines is 1. The largest absolute Gasteiger partial charge is 0.250 e. The zero-order valence-corrected chi connectivity index (χ0v) is 13.1. The van der Waals surface area contributed by atoms with Gasteiger partial charge >= 0.3 is 0 Å². The van der Waals surface area contributed by atoms with Crippen LogP contribution < -0.4 is 5.01 Å². The van der Waals surface area contributed by atoms with Crippen molar-refractivity contribution < 1.29 is 0 Å². The fourth-order valence-corrected chi connectivity index (χ4v) is 2.36. The van der Waals surface area contributed by atoms with Crippen LogP contribution in [0.25, 0.3) is 0 Å². The zero-order chi connectivity index (χ0) is 15.9. The lowest BCUT2D eigenvalue weighted by Gasteiger charge is -2.12. The van der Waals surface area contributed by atoms with E-state index in [1.54, 1.807) is 5.01 Å². The molecule has 3 rings (SSSR count). The standard InChI is InChI=1S/C20H19N3/c1-23(22-21-19-12-6-3-7-13-19)20-14-8-11-18(16-20)15-17-9-4-2-5-10-17/h2-14,16H,15H2,1H3. The van der Waals surface area contributed by atoms with Gasteiger partial charge in [-0.1, -0.05) is 65.9 Å². The maximum absolute atomic E-state index is 4.27. The summed E-state index contributed by atoms with van der Waals surface area (Å²) in [5, 5.41) is 10.3. The molecule has 0 aliphatic carbocycles. The molecule has 0 spiro atoms. The Kier molecular flexibility index (Phi) is 4.79. The van der Waals surface area contributed by atoms with Crippen LogP contribution in [0.2, 0.25) is 0 Å². The number of hydrogen-bond donors (Lipinski definition) is 0. The van der Waals surface area contributed by atoms with E-state index in [1.807, 2.05) is 49.5 Å². The van der Waals surface area contributed by atoms with E-state index >= 15 is 0 Å². The average Bonchev–Trinajstić information content (AvgIpc) is 2.62. The first-order valence-corrected chi connectivity index (χ1v) is 7.64. The zero-order valence-electron chi connectivity index (χ0n) is 13.1. The second-order valence-electron chi connectivity index (χ2n) is 5.38. The molecule has 0 unspecified atom stereocenters. The Hall–Kier alpha value is -2.94. The molecule has 114 valence electrons. The van der Waals surface area contributed by atoms with Crippen molar-refractivity contribution in [2.24, 2.45) is 10.3 Å². The van der Waals surface area contributed by atoms with Crippen LogP contribution in [0.15, 0.2) is 95.3 Å². The van der Waals surface area contributed by atoms with Crippen LogP contribution in [-0.4, -0.2) is 7.05 Å². The summed E-state index contributed by atoms with van der Waals surface area (Å²) in [6.45, 7) is 0. The van der Waals surface area contributed by atoms with Crippen molar-refractivity contribution >= 4 is 11.4 Å². The summed E-state index contributed by atoms with van der Waals surface area (Å²) in [6, 6.07) is 28.6. The molecule has 0 fully saturated rings. The molecule has 0 bridgehead atoms. The smallest absolute Gasteiger partial charge is 0.0874 e. The van der Waals surface area contributed by atoms with Gasteiger partial charge in [0.1, 0.15) is 0 Å². The first-order chi connectivity index (χ1) is 11.3. The van der Waals surface area contributed by atoms with Crippen molar-refractivity contribution in [2.45, 2.75) is 6.42 Å². The highest BCUT2D eigenvalue weighted by molar-refractivity contribution is 5.48. The quantitative estimate of drug-likeness (QED) is 0.457. The van der Waals surface area contributed by atoms with E-state index in [1.165, 1.54) is 11.1 Å². The van der Waals surface area contributed by atoms with Crippen LogP contribution in [0.1, 0.15) is 11.1 Å². The van der Waals surface area contributed by atoms with Crippen LogP contribution in [0.3, 0.4) is 0 Å². The van der Waals surface area contributed by atoms with Crippen molar-refractivity contribution in [1.82, 2.24) is 0 Å². The molecule has 0 heterocycles. The minimum Gasteiger partial charge on any atom is -0.250 e. The van der Waals surface area contributed by atoms with Gasteiger partial charge in [-0.25, -0.2) is 5.01 Å². The molecular formula is C20H19N3. The SMILES string of the molecule is CN(N=Nc1ccccc1)c1cccc(Cc2ccccc2)c1. The molecular weight excluding hydrogens is 282 g/mol. The van der Waals surface area contributed by atoms with Crippen molar-refractivity contribution in [2.75, 3.05) is 12.1 Å². The first-order valence-electron chi connectivity index (χ1n) is 7.64. The Labute approximate surface area is 136 Å². The molecule has 0 atom stereocenters. The highest BCUT2D eigenvalue weighted by Gasteiger charge is 2.02. The van der Waals surface area contributed by atoms with Gasteiger partial charge in [-0.2, -0.15) is 0 Å². The van der Waals surface area contributed by atoms with Crippen molar-refractivity contribution in [1.29, 1.82) is 0 Å². The maximum Gasteiger partial charge on any atom is 0.0874 e. The van der Waals surface area contributed by atoms with Crippen LogP contribution in [0.5, 0.6) is 0 Å². The number of hydrogen-bond acceptors (Lipinski definition) is 2. The Bertz CT molecular complexity index is 767. The minimum absolute atomic E-state index is 0.847. The topological polar surface area (TPSA) is 28.0 Å². The normalized spacial score (nSPS) is 10.8. The molecule has 0 saturated heterocycles. The molecule has 0 aliphatic rings. The van der Waals surface area contributed by atoms with Gasteiger partial charge in [-0.15, -0.1) is 5.11 Å². The summed E-state index contributed by atoms with van der Waals surface area (Å²) in [5.74, 6) is 0. The van der Waals surface area contributed by atoms with Gasteiger partial charge in [0.15, 0.2) is 0 Å². The molecule has 3 aromatic carbocycles.